The second-order valence-electron chi connectivity index (χ2n) is 9.63. The van der Waals surface area contributed by atoms with Crippen molar-refractivity contribution in [2.45, 2.75) is 46.0 Å². The average Bonchev–Trinajstić information content (AvgIpc) is 3.00. The Morgan fingerprint density at radius 1 is 0.651 bits per heavy atom. The molecule has 8 heteroatoms. The van der Waals surface area contributed by atoms with E-state index in [1.807, 2.05) is 91.0 Å². The lowest BCUT2D eigenvalue weighted by Gasteiger charge is -2.15. The van der Waals surface area contributed by atoms with E-state index >= 15 is 0 Å². The van der Waals surface area contributed by atoms with Crippen LogP contribution in [0.2, 0.25) is 5.02 Å². The fourth-order valence-corrected chi connectivity index (χ4v) is 6.38. The number of rotatable bonds is 11. The van der Waals surface area contributed by atoms with Gasteiger partial charge >= 0.3 is 0 Å². The van der Waals surface area contributed by atoms with Crippen LogP contribution in [0.4, 0.5) is 0 Å². The topological polar surface area (TPSA) is 76.0 Å². The minimum Gasteiger partial charge on any atom is -0.465 e. The van der Waals surface area contributed by atoms with Gasteiger partial charge in [0.2, 0.25) is 0 Å². The molecule has 0 aliphatic heterocycles. The van der Waals surface area contributed by atoms with Gasteiger partial charge in [-0.3, -0.25) is 4.79 Å². The molecular weight excluding hydrogens is 600 g/mol. The van der Waals surface area contributed by atoms with Gasteiger partial charge < -0.3 is 19.7 Å². The van der Waals surface area contributed by atoms with Crippen molar-refractivity contribution >= 4 is 40.9 Å². The molecule has 2 atom stereocenters. The van der Waals surface area contributed by atoms with Crippen LogP contribution in [0.15, 0.2) is 135 Å². The SMILES string of the molecule is CC(O)Oc1ccc(Sc2ccc(OC(C)O)cc2-c2ccc(Sc3ccc(C(=O)c4ccccc4)cc3Cl)cc2)cc1. The van der Waals surface area contributed by atoms with Gasteiger partial charge in [0.05, 0.1) is 5.02 Å². The molecule has 5 aromatic rings. The van der Waals surface area contributed by atoms with Crippen LogP contribution >= 0.6 is 35.1 Å². The number of hydrogen-bond acceptors (Lipinski definition) is 7. The van der Waals surface area contributed by atoms with Crippen LogP contribution in [0.5, 0.6) is 11.5 Å². The summed E-state index contributed by atoms with van der Waals surface area (Å²) < 4.78 is 10.9. The summed E-state index contributed by atoms with van der Waals surface area (Å²) in [5, 5.41) is 19.8. The van der Waals surface area contributed by atoms with E-state index in [0.717, 1.165) is 30.7 Å². The number of halogens is 1. The van der Waals surface area contributed by atoms with E-state index in [2.05, 4.69) is 0 Å². The molecule has 0 aliphatic carbocycles. The number of aliphatic hydroxyl groups excluding tert-OH is 2. The van der Waals surface area contributed by atoms with Crippen LogP contribution in [0.25, 0.3) is 11.1 Å². The quantitative estimate of drug-likeness (QED) is 0.112. The molecule has 43 heavy (non-hydrogen) atoms. The third-order valence-electron chi connectivity index (χ3n) is 6.24. The molecule has 2 N–H and O–H groups in total. The van der Waals surface area contributed by atoms with Gasteiger partial charge in [-0.05, 0) is 97.8 Å². The van der Waals surface area contributed by atoms with Gasteiger partial charge in [0, 0.05) is 30.7 Å². The molecule has 5 rings (SSSR count). The maximum Gasteiger partial charge on any atom is 0.194 e. The number of aliphatic hydroxyl groups is 2. The molecule has 0 radical (unpaired) electrons. The summed E-state index contributed by atoms with van der Waals surface area (Å²) in [7, 11) is 0. The first-order valence-electron chi connectivity index (χ1n) is 13.5. The fraction of sp³-hybridized carbons (Fsp3) is 0.114. The second-order valence-corrected chi connectivity index (χ2v) is 12.3. The van der Waals surface area contributed by atoms with Crippen molar-refractivity contribution in [3.63, 3.8) is 0 Å². The lowest BCUT2D eigenvalue weighted by molar-refractivity contribution is -0.000889. The Balaban J connectivity index is 1.36. The minimum absolute atomic E-state index is 0.0667. The largest absolute Gasteiger partial charge is 0.465 e. The van der Waals surface area contributed by atoms with Crippen molar-refractivity contribution in [2.24, 2.45) is 0 Å². The summed E-state index contributed by atoms with van der Waals surface area (Å²) in [4.78, 5) is 16.7. The minimum atomic E-state index is -0.939. The number of hydrogen-bond donors (Lipinski definition) is 2. The Kier molecular flexibility index (Phi) is 10.1. The highest BCUT2D eigenvalue weighted by Crippen LogP contribution is 2.40. The maximum absolute atomic E-state index is 12.8. The van der Waals surface area contributed by atoms with Crippen molar-refractivity contribution in [2.75, 3.05) is 0 Å². The molecule has 0 fully saturated rings. The van der Waals surface area contributed by atoms with Gasteiger partial charge in [0.15, 0.2) is 18.4 Å². The van der Waals surface area contributed by atoms with E-state index in [4.69, 9.17) is 21.1 Å². The van der Waals surface area contributed by atoms with Crippen LogP contribution in [0, 0.1) is 0 Å². The van der Waals surface area contributed by atoms with Gasteiger partial charge in [-0.1, -0.05) is 77.6 Å². The van der Waals surface area contributed by atoms with E-state index < -0.39 is 12.6 Å². The Hall–Kier alpha value is -3.72. The van der Waals surface area contributed by atoms with E-state index in [-0.39, 0.29) is 5.78 Å². The zero-order chi connectivity index (χ0) is 30.3. The highest BCUT2D eigenvalue weighted by atomic mass is 35.5. The number of ether oxygens (including phenoxy) is 2. The predicted molar refractivity (Wildman–Crippen MR) is 173 cm³/mol. The Labute approximate surface area is 264 Å². The molecule has 218 valence electrons. The van der Waals surface area contributed by atoms with E-state index in [9.17, 15) is 15.0 Å². The third-order valence-corrected chi connectivity index (χ3v) is 8.83. The van der Waals surface area contributed by atoms with Gasteiger partial charge in [-0.2, -0.15) is 0 Å². The summed E-state index contributed by atoms with van der Waals surface area (Å²) in [6.07, 6.45) is -1.82. The fourth-order valence-electron chi connectivity index (χ4n) is 4.31. The summed E-state index contributed by atoms with van der Waals surface area (Å²) in [6.45, 7) is 3.13. The smallest absolute Gasteiger partial charge is 0.194 e. The lowest BCUT2D eigenvalue weighted by Crippen LogP contribution is -2.09. The zero-order valence-corrected chi connectivity index (χ0v) is 25.8. The lowest BCUT2D eigenvalue weighted by atomic mass is 10.0. The zero-order valence-electron chi connectivity index (χ0n) is 23.4. The highest BCUT2D eigenvalue weighted by Gasteiger charge is 2.14. The van der Waals surface area contributed by atoms with Gasteiger partial charge in [0.1, 0.15) is 11.5 Å². The van der Waals surface area contributed by atoms with Crippen molar-refractivity contribution in [3.05, 3.63) is 131 Å². The second kappa shape index (κ2) is 14.2. The molecule has 0 bridgehead atoms. The van der Waals surface area contributed by atoms with Crippen molar-refractivity contribution in [1.29, 1.82) is 0 Å². The van der Waals surface area contributed by atoms with Crippen LogP contribution in [-0.2, 0) is 0 Å². The molecule has 5 nitrogen and oxygen atoms in total. The standard InChI is InChI=1S/C35H29ClO5S2/c1-22(37)40-27-11-16-30(17-12-27)42-33-19-13-28(41-23(2)38)21-31(33)24-8-14-29(15-9-24)43-34-18-10-26(20-32(34)36)35(39)25-6-4-3-5-7-25/h3-23,37-38H,1-2H3. The number of ketones is 1. The van der Waals surface area contributed by atoms with Crippen molar-refractivity contribution in [3.8, 4) is 22.6 Å². The Morgan fingerprint density at radius 2 is 1.21 bits per heavy atom. The van der Waals surface area contributed by atoms with Crippen LogP contribution in [0.3, 0.4) is 0 Å². The monoisotopic (exact) mass is 628 g/mol. The number of benzene rings is 5. The predicted octanol–water partition coefficient (Wildman–Crippen LogP) is 8.97. The molecule has 0 heterocycles. The first-order chi connectivity index (χ1) is 20.7. The van der Waals surface area contributed by atoms with E-state index in [1.54, 1.807) is 49.9 Å². The molecule has 2 unspecified atom stereocenters. The Bertz CT molecular complexity index is 1690. The average molecular weight is 629 g/mol. The van der Waals surface area contributed by atoms with Gasteiger partial charge in [-0.15, -0.1) is 0 Å². The molecule has 0 saturated carbocycles. The van der Waals surface area contributed by atoms with Crippen molar-refractivity contribution in [1.82, 2.24) is 0 Å². The first kappa shape index (κ1) is 30.7. The van der Waals surface area contributed by atoms with Crippen LogP contribution in [-0.4, -0.2) is 28.6 Å². The molecule has 0 aliphatic rings. The molecule has 0 spiro atoms. The Morgan fingerprint density at radius 3 is 1.84 bits per heavy atom. The van der Waals surface area contributed by atoms with Gasteiger partial charge in [-0.25, -0.2) is 0 Å². The molecule has 5 aromatic carbocycles. The number of carbonyl (C=O) groups excluding carboxylic acids is 1. The molecule has 0 aromatic heterocycles. The first-order valence-corrected chi connectivity index (χ1v) is 15.6. The van der Waals surface area contributed by atoms with Crippen LogP contribution in [0.1, 0.15) is 29.8 Å². The summed E-state index contributed by atoms with van der Waals surface area (Å²) in [5.41, 5.74) is 3.10. The summed E-state index contributed by atoms with van der Waals surface area (Å²) >= 11 is 9.71. The third kappa shape index (κ3) is 8.22. The summed E-state index contributed by atoms with van der Waals surface area (Å²) in [6, 6.07) is 35.9. The van der Waals surface area contributed by atoms with E-state index in [0.29, 0.717) is 27.6 Å². The van der Waals surface area contributed by atoms with Gasteiger partial charge in [0.25, 0.3) is 0 Å². The van der Waals surface area contributed by atoms with E-state index in [1.165, 1.54) is 11.8 Å². The molecule has 0 amide bonds. The molecular formula is C35H29ClO5S2. The number of carbonyl (C=O) groups is 1. The van der Waals surface area contributed by atoms with Crippen LogP contribution < -0.4 is 9.47 Å². The molecule has 0 saturated heterocycles. The summed E-state index contributed by atoms with van der Waals surface area (Å²) in [5.74, 6) is 1.08. The maximum atomic E-state index is 12.8. The normalized spacial score (nSPS) is 12.4. The highest BCUT2D eigenvalue weighted by molar-refractivity contribution is 7.99. The van der Waals surface area contributed by atoms with Crippen molar-refractivity contribution < 1.29 is 24.5 Å².